The van der Waals surface area contributed by atoms with Crippen molar-refractivity contribution in [1.29, 1.82) is 0 Å². The summed E-state index contributed by atoms with van der Waals surface area (Å²) in [6, 6.07) is 5.99. The Morgan fingerprint density at radius 2 is 2.14 bits per heavy atom. The molecule has 1 aliphatic carbocycles. The Balaban J connectivity index is 2.49. The maximum Gasteiger partial charge on any atom is 0.0725 e. The van der Waals surface area contributed by atoms with Crippen LogP contribution in [-0.4, -0.2) is 4.98 Å². The van der Waals surface area contributed by atoms with Crippen molar-refractivity contribution in [3.8, 4) is 0 Å². The van der Waals surface area contributed by atoms with Crippen LogP contribution in [0, 0.1) is 0 Å². The van der Waals surface area contributed by atoms with Crippen LogP contribution in [0.25, 0.3) is 17.0 Å². The highest BCUT2D eigenvalue weighted by Gasteiger charge is 2.11. The number of rotatable bonds is 0. The minimum atomic E-state index is 0.829. The van der Waals surface area contributed by atoms with Crippen LogP contribution in [0.5, 0.6) is 0 Å². The molecule has 2 aromatic rings. The first-order chi connectivity index (χ1) is 6.86. The molecule has 1 aromatic heterocycles. The molecular formula is C12H10N2. The normalized spacial score (nSPS) is 13.4. The van der Waals surface area contributed by atoms with E-state index in [2.05, 4.69) is 23.2 Å². The zero-order chi connectivity index (χ0) is 9.54. The van der Waals surface area contributed by atoms with Gasteiger partial charge in [0.15, 0.2) is 0 Å². The first kappa shape index (κ1) is 7.56. The number of hydrogen-bond acceptors (Lipinski definition) is 2. The summed E-state index contributed by atoms with van der Waals surface area (Å²) in [5.74, 6) is 0. The van der Waals surface area contributed by atoms with Crippen molar-refractivity contribution in [2.75, 3.05) is 5.73 Å². The molecule has 2 heteroatoms. The van der Waals surface area contributed by atoms with Crippen LogP contribution in [0.1, 0.15) is 11.1 Å². The van der Waals surface area contributed by atoms with Crippen LogP contribution in [0.2, 0.25) is 0 Å². The van der Waals surface area contributed by atoms with E-state index in [-0.39, 0.29) is 0 Å². The number of nitrogens with zero attached hydrogens (tertiary/aromatic N) is 1. The van der Waals surface area contributed by atoms with Gasteiger partial charge < -0.3 is 5.73 Å². The average molecular weight is 182 g/mol. The molecule has 0 fully saturated rings. The molecule has 0 radical (unpaired) electrons. The smallest absolute Gasteiger partial charge is 0.0725 e. The quantitative estimate of drug-likeness (QED) is 0.679. The fourth-order valence-electron chi connectivity index (χ4n) is 2.04. The molecule has 1 heterocycles. The molecule has 0 atom stereocenters. The first-order valence-electron chi connectivity index (χ1n) is 4.69. The van der Waals surface area contributed by atoms with Crippen molar-refractivity contribution in [3.63, 3.8) is 0 Å². The lowest BCUT2D eigenvalue weighted by atomic mass is 10.0. The summed E-state index contributed by atoms with van der Waals surface area (Å²) < 4.78 is 0. The van der Waals surface area contributed by atoms with Crippen LogP contribution < -0.4 is 5.73 Å². The summed E-state index contributed by atoms with van der Waals surface area (Å²) in [6.45, 7) is 0. The van der Waals surface area contributed by atoms with E-state index in [9.17, 15) is 0 Å². The van der Waals surface area contributed by atoms with Gasteiger partial charge in [-0.1, -0.05) is 18.2 Å². The molecule has 14 heavy (non-hydrogen) atoms. The number of hydrogen-bond donors (Lipinski definition) is 1. The second kappa shape index (κ2) is 2.58. The first-order valence-corrected chi connectivity index (χ1v) is 4.69. The summed E-state index contributed by atoms with van der Waals surface area (Å²) >= 11 is 0. The van der Waals surface area contributed by atoms with Gasteiger partial charge in [-0.25, -0.2) is 0 Å². The van der Waals surface area contributed by atoms with Crippen LogP contribution in [0.15, 0.2) is 30.5 Å². The molecule has 1 aliphatic rings. The molecule has 0 spiro atoms. The van der Waals surface area contributed by atoms with Crippen molar-refractivity contribution in [2.24, 2.45) is 0 Å². The lowest BCUT2D eigenvalue weighted by Crippen LogP contribution is -1.93. The predicted molar refractivity (Wildman–Crippen MR) is 58.9 cm³/mol. The van der Waals surface area contributed by atoms with E-state index in [4.69, 9.17) is 5.73 Å². The number of pyridine rings is 1. The molecule has 2 N–H and O–H groups in total. The lowest BCUT2D eigenvalue weighted by Gasteiger charge is -2.06. The molecule has 0 unspecified atom stereocenters. The molecule has 0 bridgehead atoms. The van der Waals surface area contributed by atoms with Crippen molar-refractivity contribution in [3.05, 3.63) is 41.6 Å². The van der Waals surface area contributed by atoms with Crippen LogP contribution in [0.4, 0.5) is 5.69 Å². The maximum absolute atomic E-state index is 5.96. The highest BCUT2D eigenvalue weighted by atomic mass is 14.7. The Morgan fingerprint density at radius 3 is 3.07 bits per heavy atom. The van der Waals surface area contributed by atoms with E-state index in [1.807, 2.05) is 12.1 Å². The van der Waals surface area contributed by atoms with E-state index >= 15 is 0 Å². The Hall–Kier alpha value is -1.83. The Labute approximate surface area is 82.1 Å². The molecule has 68 valence electrons. The molecule has 3 rings (SSSR count). The van der Waals surface area contributed by atoms with Crippen molar-refractivity contribution in [2.45, 2.75) is 6.42 Å². The SMILES string of the molecule is Nc1ccnc2ccc3c(c12)CC=C3. The number of allylic oxidation sites excluding steroid dienone is 1. The van der Waals surface area contributed by atoms with E-state index in [0.29, 0.717) is 0 Å². The zero-order valence-electron chi connectivity index (χ0n) is 7.70. The predicted octanol–water partition coefficient (Wildman–Crippen LogP) is 2.39. The number of fused-ring (bicyclic) bond motifs is 3. The lowest BCUT2D eigenvalue weighted by molar-refractivity contribution is 1.32. The number of anilines is 1. The average Bonchev–Trinajstić information content (AvgIpc) is 2.65. The van der Waals surface area contributed by atoms with Gasteiger partial charge in [-0.15, -0.1) is 0 Å². The minimum Gasteiger partial charge on any atom is -0.398 e. The Bertz CT molecular complexity index is 541. The van der Waals surface area contributed by atoms with Gasteiger partial charge in [0.2, 0.25) is 0 Å². The summed E-state index contributed by atoms with van der Waals surface area (Å²) in [7, 11) is 0. The van der Waals surface area contributed by atoms with Gasteiger partial charge in [0, 0.05) is 17.3 Å². The summed E-state index contributed by atoms with van der Waals surface area (Å²) in [6.07, 6.45) is 7.03. The molecule has 2 nitrogen and oxygen atoms in total. The van der Waals surface area contributed by atoms with Gasteiger partial charge in [-0.3, -0.25) is 4.98 Å². The van der Waals surface area contributed by atoms with Crippen LogP contribution >= 0.6 is 0 Å². The van der Waals surface area contributed by atoms with E-state index in [1.54, 1.807) is 6.20 Å². The number of nitrogen functional groups attached to an aromatic ring is 1. The Morgan fingerprint density at radius 1 is 1.21 bits per heavy atom. The summed E-state index contributed by atoms with van der Waals surface area (Å²) in [5.41, 5.74) is 10.4. The second-order valence-electron chi connectivity index (χ2n) is 3.53. The van der Waals surface area contributed by atoms with E-state index in [0.717, 1.165) is 23.0 Å². The largest absolute Gasteiger partial charge is 0.398 e. The van der Waals surface area contributed by atoms with Gasteiger partial charge in [-0.2, -0.15) is 0 Å². The highest BCUT2D eigenvalue weighted by molar-refractivity contribution is 5.96. The number of benzene rings is 1. The molecule has 0 saturated heterocycles. The van der Waals surface area contributed by atoms with Gasteiger partial charge in [0.1, 0.15) is 0 Å². The highest BCUT2D eigenvalue weighted by Crippen LogP contribution is 2.30. The molecule has 1 aromatic carbocycles. The van der Waals surface area contributed by atoms with Gasteiger partial charge in [-0.05, 0) is 29.7 Å². The second-order valence-corrected chi connectivity index (χ2v) is 3.53. The summed E-state index contributed by atoms with van der Waals surface area (Å²) in [5, 5.41) is 1.12. The molecule has 0 saturated carbocycles. The van der Waals surface area contributed by atoms with Crippen LogP contribution in [0.3, 0.4) is 0 Å². The molecule has 0 aliphatic heterocycles. The van der Waals surface area contributed by atoms with Gasteiger partial charge >= 0.3 is 0 Å². The third-order valence-corrected chi connectivity index (χ3v) is 2.70. The van der Waals surface area contributed by atoms with E-state index in [1.165, 1.54) is 11.1 Å². The molecular weight excluding hydrogens is 172 g/mol. The standard InChI is InChI=1S/C12H10N2/c13-10-6-7-14-11-5-4-8-2-1-3-9(8)12(10)11/h1-2,4-7H,3H2,(H2,13,14). The number of nitrogens with two attached hydrogens (primary N) is 1. The van der Waals surface area contributed by atoms with Crippen molar-refractivity contribution < 1.29 is 0 Å². The number of aromatic nitrogens is 1. The fourth-order valence-corrected chi connectivity index (χ4v) is 2.04. The third-order valence-electron chi connectivity index (χ3n) is 2.70. The topological polar surface area (TPSA) is 38.9 Å². The van der Waals surface area contributed by atoms with Crippen molar-refractivity contribution in [1.82, 2.24) is 4.98 Å². The maximum atomic E-state index is 5.96. The minimum absolute atomic E-state index is 0.829. The molecule has 0 amide bonds. The Kier molecular flexibility index (Phi) is 1.39. The third kappa shape index (κ3) is 0.880. The van der Waals surface area contributed by atoms with E-state index < -0.39 is 0 Å². The van der Waals surface area contributed by atoms with Gasteiger partial charge in [0.25, 0.3) is 0 Å². The van der Waals surface area contributed by atoms with Crippen molar-refractivity contribution >= 4 is 22.7 Å². The van der Waals surface area contributed by atoms with Crippen LogP contribution in [-0.2, 0) is 6.42 Å². The fraction of sp³-hybridized carbons (Fsp3) is 0.0833. The summed E-state index contributed by atoms with van der Waals surface area (Å²) in [4.78, 5) is 4.31. The zero-order valence-corrected chi connectivity index (χ0v) is 7.70. The van der Waals surface area contributed by atoms with Gasteiger partial charge in [0.05, 0.1) is 5.52 Å². The monoisotopic (exact) mass is 182 g/mol.